The highest BCUT2D eigenvalue weighted by Gasteiger charge is 2.22. The number of nitrogens with zero attached hydrogens (tertiary/aromatic N) is 2. The maximum absolute atomic E-state index is 12.4. The molecule has 1 atom stereocenters. The normalized spacial score (nSPS) is 18.5. The molecule has 1 saturated heterocycles. The maximum atomic E-state index is 12.4. The van der Waals surface area contributed by atoms with Crippen LogP contribution in [0.3, 0.4) is 0 Å². The Morgan fingerprint density at radius 2 is 2.24 bits per heavy atom. The van der Waals surface area contributed by atoms with E-state index in [0.717, 1.165) is 23.7 Å². The van der Waals surface area contributed by atoms with E-state index in [0.29, 0.717) is 29.2 Å². The van der Waals surface area contributed by atoms with Crippen molar-refractivity contribution in [2.75, 3.05) is 19.6 Å². The molecule has 1 aromatic heterocycles. The van der Waals surface area contributed by atoms with Gasteiger partial charge in [-0.15, -0.1) is 11.3 Å². The van der Waals surface area contributed by atoms with Crippen molar-refractivity contribution in [3.8, 4) is 10.6 Å². The number of nitrogens with one attached hydrogen (secondary N) is 1. The highest BCUT2D eigenvalue weighted by atomic mass is 35.5. The molecule has 4 nitrogen and oxygen atoms in total. The molecule has 0 aliphatic carbocycles. The van der Waals surface area contributed by atoms with Crippen molar-refractivity contribution in [1.29, 1.82) is 0 Å². The molecule has 1 aliphatic rings. The minimum atomic E-state index is -0.101. The Bertz CT molecular complexity index is 731. The molecule has 1 N–H and O–H groups in total. The van der Waals surface area contributed by atoms with Gasteiger partial charge in [0.05, 0.1) is 5.02 Å². The lowest BCUT2D eigenvalue weighted by Crippen LogP contribution is -2.43. The van der Waals surface area contributed by atoms with Crippen LogP contribution in [-0.2, 0) is 0 Å². The van der Waals surface area contributed by atoms with Crippen LogP contribution in [-0.4, -0.2) is 41.5 Å². The van der Waals surface area contributed by atoms with E-state index < -0.39 is 0 Å². The SMILES string of the molecule is CC(C)N1CCCC(CNC(=O)c2csc(-c3ccccc3Cl)n2)C1. The Kier molecular flexibility index (Phi) is 6.10. The Labute approximate surface area is 158 Å². The summed E-state index contributed by atoms with van der Waals surface area (Å²) < 4.78 is 0. The van der Waals surface area contributed by atoms with Crippen LogP contribution in [0, 0.1) is 5.92 Å². The fourth-order valence-electron chi connectivity index (χ4n) is 3.20. The van der Waals surface area contributed by atoms with Gasteiger partial charge in [-0.2, -0.15) is 0 Å². The number of piperidine rings is 1. The molecule has 1 fully saturated rings. The van der Waals surface area contributed by atoms with Crippen LogP contribution in [0.15, 0.2) is 29.6 Å². The molecule has 2 aromatic rings. The highest BCUT2D eigenvalue weighted by Crippen LogP contribution is 2.30. The summed E-state index contributed by atoms with van der Waals surface area (Å²) >= 11 is 7.66. The van der Waals surface area contributed by atoms with E-state index in [1.165, 1.54) is 24.2 Å². The van der Waals surface area contributed by atoms with Crippen LogP contribution < -0.4 is 5.32 Å². The zero-order chi connectivity index (χ0) is 17.8. The quantitative estimate of drug-likeness (QED) is 0.844. The third-order valence-corrected chi connectivity index (χ3v) is 5.88. The number of hydrogen-bond acceptors (Lipinski definition) is 4. The molecule has 0 spiro atoms. The zero-order valence-electron chi connectivity index (χ0n) is 14.7. The first-order chi connectivity index (χ1) is 12.0. The number of thiazole rings is 1. The Balaban J connectivity index is 1.58. The van der Waals surface area contributed by atoms with E-state index in [9.17, 15) is 4.79 Å². The number of halogens is 1. The van der Waals surface area contributed by atoms with E-state index in [1.54, 1.807) is 5.38 Å². The van der Waals surface area contributed by atoms with Crippen LogP contribution in [0.1, 0.15) is 37.2 Å². The monoisotopic (exact) mass is 377 g/mol. The number of carbonyl (C=O) groups is 1. The molecule has 0 bridgehead atoms. The van der Waals surface area contributed by atoms with E-state index in [-0.39, 0.29) is 5.91 Å². The maximum Gasteiger partial charge on any atom is 0.270 e. The van der Waals surface area contributed by atoms with Gasteiger partial charge in [-0.1, -0.05) is 29.8 Å². The largest absolute Gasteiger partial charge is 0.350 e. The Hall–Kier alpha value is -1.43. The van der Waals surface area contributed by atoms with Crippen molar-refractivity contribution >= 4 is 28.8 Å². The second-order valence-corrected chi connectivity index (χ2v) is 8.09. The second-order valence-electron chi connectivity index (χ2n) is 6.82. The number of benzene rings is 1. The smallest absolute Gasteiger partial charge is 0.270 e. The van der Waals surface area contributed by atoms with Gasteiger partial charge in [-0.25, -0.2) is 4.98 Å². The van der Waals surface area contributed by atoms with Gasteiger partial charge in [0.15, 0.2) is 0 Å². The number of rotatable bonds is 5. The summed E-state index contributed by atoms with van der Waals surface area (Å²) in [5, 5.41) is 6.28. The lowest BCUT2D eigenvalue weighted by Gasteiger charge is -2.35. The molecule has 1 aromatic carbocycles. The third kappa shape index (κ3) is 4.60. The van der Waals surface area contributed by atoms with Crippen LogP contribution in [0.25, 0.3) is 10.6 Å². The van der Waals surface area contributed by atoms with Gasteiger partial charge in [-0.3, -0.25) is 4.79 Å². The molecule has 1 amide bonds. The lowest BCUT2D eigenvalue weighted by atomic mass is 9.97. The summed E-state index contributed by atoms with van der Waals surface area (Å²) in [6.07, 6.45) is 2.37. The second kappa shape index (κ2) is 8.30. The fourth-order valence-corrected chi connectivity index (χ4v) is 4.32. The molecule has 0 saturated carbocycles. The Morgan fingerprint density at radius 1 is 1.44 bits per heavy atom. The van der Waals surface area contributed by atoms with Gasteiger partial charge in [0, 0.05) is 30.1 Å². The van der Waals surface area contributed by atoms with Crippen LogP contribution in [0.2, 0.25) is 5.02 Å². The summed E-state index contributed by atoms with van der Waals surface area (Å²) in [7, 11) is 0. The molecule has 6 heteroatoms. The molecular formula is C19H24ClN3OS. The minimum Gasteiger partial charge on any atom is -0.350 e. The zero-order valence-corrected chi connectivity index (χ0v) is 16.2. The molecule has 0 radical (unpaired) electrons. The summed E-state index contributed by atoms with van der Waals surface area (Å²) in [4.78, 5) is 19.4. The average molecular weight is 378 g/mol. The van der Waals surface area contributed by atoms with Crippen molar-refractivity contribution in [3.05, 3.63) is 40.4 Å². The molecule has 2 heterocycles. The van der Waals surface area contributed by atoms with Crippen molar-refractivity contribution in [2.24, 2.45) is 5.92 Å². The van der Waals surface area contributed by atoms with E-state index in [2.05, 4.69) is 29.0 Å². The molecule has 1 unspecified atom stereocenters. The van der Waals surface area contributed by atoms with Crippen molar-refractivity contribution in [3.63, 3.8) is 0 Å². The average Bonchev–Trinajstić information content (AvgIpc) is 3.10. The van der Waals surface area contributed by atoms with E-state index >= 15 is 0 Å². The van der Waals surface area contributed by atoms with Crippen LogP contribution in [0.4, 0.5) is 0 Å². The molecular weight excluding hydrogens is 354 g/mol. The third-order valence-electron chi connectivity index (χ3n) is 4.67. The molecule has 3 rings (SSSR count). The minimum absolute atomic E-state index is 0.101. The van der Waals surface area contributed by atoms with E-state index in [1.807, 2.05) is 24.3 Å². The highest BCUT2D eigenvalue weighted by molar-refractivity contribution is 7.13. The predicted octanol–water partition coefficient (Wildman–Crippen LogP) is 4.31. The number of hydrogen-bond donors (Lipinski definition) is 1. The van der Waals surface area contributed by atoms with Crippen molar-refractivity contribution in [2.45, 2.75) is 32.7 Å². The number of likely N-dealkylation sites (tertiary alicyclic amines) is 1. The van der Waals surface area contributed by atoms with Gasteiger partial charge in [0.1, 0.15) is 10.7 Å². The first-order valence-corrected chi connectivity index (χ1v) is 10.0. The number of amides is 1. The van der Waals surface area contributed by atoms with Gasteiger partial charge in [-0.05, 0) is 45.2 Å². The van der Waals surface area contributed by atoms with Gasteiger partial charge >= 0.3 is 0 Å². The molecule has 1 aliphatic heterocycles. The first-order valence-electron chi connectivity index (χ1n) is 8.77. The number of aromatic nitrogens is 1. The van der Waals surface area contributed by atoms with Crippen molar-refractivity contribution in [1.82, 2.24) is 15.2 Å². The van der Waals surface area contributed by atoms with Gasteiger partial charge < -0.3 is 10.2 Å². The number of carbonyl (C=O) groups excluding carboxylic acids is 1. The first kappa shape index (κ1) is 18.4. The predicted molar refractivity (Wildman–Crippen MR) is 104 cm³/mol. The van der Waals surface area contributed by atoms with Crippen LogP contribution >= 0.6 is 22.9 Å². The van der Waals surface area contributed by atoms with Gasteiger partial charge in [0.25, 0.3) is 5.91 Å². The Morgan fingerprint density at radius 3 is 3.00 bits per heavy atom. The fraction of sp³-hybridized carbons (Fsp3) is 0.474. The molecule has 134 valence electrons. The topological polar surface area (TPSA) is 45.2 Å². The summed E-state index contributed by atoms with van der Waals surface area (Å²) in [5.74, 6) is 0.415. The van der Waals surface area contributed by atoms with Crippen LogP contribution in [0.5, 0.6) is 0 Å². The summed E-state index contributed by atoms with van der Waals surface area (Å²) in [6.45, 7) is 7.38. The van der Waals surface area contributed by atoms with Gasteiger partial charge in [0.2, 0.25) is 0 Å². The standard InChI is InChI=1S/C19H24ClN3OS/c1-13(2)23-9-5-6-14(11-23)10-21-18(24)17-12-25-19(22-17)15-7-3-4-8-16(15)20/h3-4,7-8,12-14H,5-6,9-11H2,1-2H3,(H,21,24). The van der Waals surface area contributed by atoms with Crippen molar-refractivity contribution < 1.29 is 4.79 Å². The summed E-state index contributed by atoms with van der Waals surface area (Å²) in [6, 6.07) is 8.13. The molecule has 25 heavy (non-hydrogen) atoms. The summed E-state index contributed by atoms with van der Waals surface area (Å²) in [5.41, 5.74) is 1.34. The lowest BCUT2D eigenvalue weighted by molar-refractivity contribution is 0.0918. The van der Waals surface area contributed by atoms with E-state index in [4.69, 9.17) is 11.6 Å².